The molecule has 1 heterocycles. The third-order valence-electron chi connectivity index (χ3n) is 3.84. The summed E-state index contributed by atoms with van der Waals surface area (Å²) < 4.78 is 5.98. The molecule has 0 N–H and O–H groups in total. The largest absolute Gasteiger partial charge is 0.487 e. The predicted octanol–water partition coefficient (Wildman–Crippen LogP) is 4.40. The zero-order chi connectivity index (χ0) is 15.9. The second-order valence-electron chi connectivity index (χ2n) is 4.80. The van der Waals surface area contributed by atoms with Crippen molar-refractivity contribution >= 4 is 12.6 Å². The van der Waals surface area contributed by atoms with Gasteiger partial charge in [0, 0.05) is 17.0 Å². The summed E-state index contributed by atoms with van der Waals surface area (Å²) >= 11 is 0. The molecule has 1 aliphatic heterocycles. The smallest absolute Gasteiger partial charge is 0.159 e. The van der Waals surface area contributed by atoms with Crippen molar-refractivity contribution in [3.63, 3.8) is 0 Å². The molecule has 0 saturated carbocycles. The minimum Gasteiger partial charge on any atom is -0.487 e. The molecular weight excluding hydrogens is 252 g/mol. The van der Waals surface area contributed by atoms with Crippen molar-refractivity contribution in [1.82, 2.24) is 0 Å². The average molecular weight is 278 g/mol. The van der Waals surface area contributed by atoms with Crippen LogP contribution >= 0.6 is 0 Å². The number of benzene rings is 1. The Kier molecular flexibility index (Phi) is 7.19. The number of Topliss-reactive ketones (excluding diaryl/α,β-unsaturated/α-hetero) is 1. The van der Waals surface area contributed by atoms with Gasteiger partial charge in [-0.15, -0.1) is 0 Å². The Morgan fingerprint density at radius 3 is 2.35 bits per heavy atom. The van der Waals surface area contributed by atoms with Gasteiger partial charge in [0.15, 0.2) is 5.78 Å². The van der Waals surface area contributed by atoms with Gasteiger partial charge in [-0.3, -0.25) is 4.79 Å². The van der Waals surface area contributed by atoms with Crippen LogP contribution in [0, 0.1) is 0 Å². The van der Waals surface area contributed by atoms with Gasteiger partial charge in [-0.2, -0.15) is 0 Å². The van der Waals surface area contributed by atoms with Gasteiger partial charge in [0.1, 0.15) is 18.1 Å². The minimum absolute atomic E-state index is 0.111. The molecule has 0 aliphatic carbocycles. The molecule has 0 saturated heterocycles. The zero-order valence-electron chi connectivity index (χ0n) is 13.4. The molecule has 0 amide bonds. The van der Waals surface area contributed by atoms with Crippen molar-refractivity contribution in [3.8, 4) is 5.75 Å². The van der Waals surface area contributed by atoms with E-state index in [0.717, 1.165) is 23.3 Å². The van der Waals surface area contributed by atoms with E-state index in [1.54, 1.807) is 6.92 Å². The molecule has 2 atom stereocenters. The second kappa shape index (κ2) is 7.83. The van der Waals surface area contributed by atoms with E-state index in [1.807, 2.05) is 38.8 Å². The number of carbonyl (C=O) groups is 2. The van der Waals surface area contributed by atoms with Crippen LogP contribution in [0.15, 0.2) is 18.2 Å². The van der Waals surface area contributed by atoms with Gasteiger partial charge in [-0.25, -0.2) is 0 Å². The molecule has 112 valence electrons. The molecule has 3 nitrogen and oxygen atoms in total. The van der Waals surface area contributed by atoms with Crippen molar-refractivity contribution in [1.29, 1.82) is 0 Å². The predicted molar refractivity (Wildman–Crippen MR) is 82.7 cm³/mol. The van der Waals surface area contributed by atoms with Crippen molar-refractivity contribution in [2.75, 3.05) is 0 Å². The number of rotatable bonds is 2. The molecule has 0 radical (unpaired) electrons. The summed E-state index contributed by atoms with van der Waals surface area (Å²) in [5.41, 5.74) is 1.81. The van der Waals surface area contributed by atoms with Crippen LogP contribution in [0.5, 0.6) is 5.75 Å². The van der Waals surface area contributed by atoms with E-state index >= 15 is 0 Å². The Hall–Kier alpha value is -1.64. The van der Waals surface area contributed by atoms with E-state index in [4.69, 9.17) is 9.53 Å². The van der Waals surface area contributed by atoms with E-state index in [0.29, 0.717) is 5.92 Å². The summed E-state index contributed by atoms with van der Waals surface area (Å²) in [6.45, 7) is 14.0. The summed E-state index contributed by atoms with van der Waals surface area (Å²) in [6.07, 6.45) is 0.970. The number of hydrogen-bond acceptors (Lipinski definition) is 3. The fourth-order valence-corrected chi connectivity index (χ4v) is 2.25. The van der Waals surface area contributed by atoms with Crippen molar-refractivity contribution < 1.29 is 14.3 Å². The van der Waals surface area contributed by atoms with Gasteiger partial charge >= 0.3 is 0 Å². The van der Waals surface area contributed by atoms with Crippen molar-refractivity contribution in [3.05, 3.63) is 29.3 Å². The molecule has 0 bridgehead atoms. The summed E-state index contributed by atoms with van der Waals surface area (Å²) in [6, 6.07) is 5.74. The second-order valence-corrected chi connectivity index (χ2v) is 4.80. The average Bonchev–Trinajstić information content (AvgIpc) is 2.75. The molecule has 0 spiro atoms. The van der Waals surface area contributed by atoms with Crippen LogP contribution in [0.3, 0.4) is 0 Å². The lowest BCUT2D eigenvalue weighted by Gasteiger charge is -2.27. The fourth-order valence-electron chi connectivity index (χ4n) is 2.25. The van der Waals surface area contributed by atoms with Crippen LogP contribution in [-0.2, 0) is 4.79 Å². The molecule has 20 heavy (non-hydrogen) atoms. The molecule has 2 rings (SSSR count). The van der Waals surface area contributed by atoms with Gasteiger partial charge in [0.2, 0.25) is 0 Å². The van der Waals surface area contributed by atoms with Gasteiger partial charge in [-0.05, 0) is 38.5 Å². The van der Waals surface area contributed by atoms with Crippen LogP contribution in [0.25, 0.3) is 0 Å². The highest BCUT2D eigenvalue weighted by molar-refractivity contribution is 5.94. The van der Waals surface area contributed by atoms with Gasteiger partial charge in [0.25, 0.3) is 0 Å². The Labute approximate surface area is 122 Å². The number of hydrogen-bond donors (Lipinski definition) is 0. The van der Waals surface area contributed by atoms with Crippen LogP contribution in [0.2, 0.25) is 0 Å². The van der Waals surface area contributed by atoms with E-state index in [1.165, 1.54) is 0 Å². The third-order valence-corrected chi connectivity index (χ3v) is 3.84. The first-order valence-electron chi connectivity index (χ1n) is 7.10. The number of ketones is 1. The van der Waals surface area contributed by atoms with E-state index in [9.17, 15) is 4.79 Å². The molecule has 1 aliphatic rings. The third kappa shape index (κ3) is 3.47. The van der Waals surface area contributed by atoms with E-state index in [2.05, 4.69) is 20.8 Å². The van der Waals surface area contributed by atoms with Crippen LogP contribution in [-0.4, -0.2) is 18.2 Å². The quantitative estimate of drug-likeness (QED) is 0.753. The molecular formula is C17H26O3. The maximum absolute atomic E-state index is 11.3. The lowest BCUT2D eigenvalue weighted by atomic mass is 9.85. The Morgan fingerprint density at radius 2 is 1.90 bits per heavy atom. The first-order chi connectivity index (χ1) is 9.48. The van der Waals surface area contributed by atoms with Crippen LogP contribution < -0.4 is 4.74 Å². The monoisotopic (exact) mass is 278 g/mol. The Balaban J connectivity index is 0.000000829. The zero-order valence-corrected chi connectivity index (χ0v) is 13.4. The summed E-state index contributed by atoms with van der Waals surface area (Å²) in [5, 5.41) is 0. The highest BCUT2D eigenvalue weighted by atomic mass is 16.5. The van der Waals surface area contributed by atoms with E-state index < -0.39 is 0 Å². The van der Waals surface area contributed by atoms with Crippen molar-refractivity contribution in [2.24, 2.45) is 0 Å². The van der Waals surface area contributed by atoms with Crippen LogP contribution in [0.4, 0.5) is 0 Å². The van der Waals surface area contributed by atoms with Gasteiger partial charge < -0.3 is 9.53 Å². The van der Waals surface area contributed by atoms with Gasteiger partial charge in [-0.1, -0.05) is 27.7 Å². The minimum atomic E-state index is -0.127. The Morgan fingerprint density at radius 1 is 1.35 bits per heavy atom. The number of ether oxygens (including phenoxy) is 1. The molecule has 1 aromatic carbocycles. The summed E-state index contributed by atoms with van der Waals surface area (Å²) in [4.78, 5) is 19.3. The molecule has 0 fully saturated rings. The summed E-state index contributed by atoms with van der Waals surface area (Å²) in [5.74, 6) is 1.38. The first kappa shape index (κ1) is 18.4. The van der Waals surface area contributed by atoms with Crippen LogP contribution in [0.1, 0.15) is 69.8 Å². The van der Waals surface area contributed by atoms with E-state index in [-0.39, 0.29) is 11.4 Å². The first-order valence-corrected chi connectivity index (χ1v) is 7.10. The number of fused-ring (bicyclic) bond motifs is 1. The highest BCUT2D eigenvalue weighted by Crippen LogP contribution is 2.46. The maximum Gasteiger partial charge on any atom is 0.159 e. The molecule has 0 aromatic heterocycles. The number of carbonyl (C=O) groups excluding carboxylic acids is 2. The Bertz CT molecular complexity index is 454. The standard InChI is InChI=1S/C14H18O2.C2H6.CH2O/c1-5-14(4)9(2)12-8-11(10(3)15)6-7-13(12)16-14;2*1-2/h6-9H,5H2,1-4H3;1-2H3;1H2. The topological polar surface area (TPSA) is 43.4 Å². The molecule has 2 unspecified atom stereocenters. The SMILES string of the molecule is C=O.CC.CCC1(C)Oc2ccc(C(C)=O)cc2C1C. The summed E-state index contributed by atoms with van der Waals surface area (Å²) in [7, 11) is 0. The maximum atomic E-state index is 11.3. The molecule has 1 aromatic rings. The fraction of sp³-hybridized carbons (Fsp3) is 0.529. The molecule has 3 heteroatoms. The lowest BCUT2D eigenvalue weighted by Crippen LogP contribution is -2.31. The normalized spacial score (nSPS) is 22.4. The van der Waals surface area contributed by atoms with Crippen molar-refractivity contribution in [2.45, 2.75) is 59.5 Å². The van der Waals surface area contributed by atoms with Gasteiger partial charge in [0.05, 0.1) is 0 Å². The highest BCUT2D eigenvalue weighted by Gasteiger charge is 2.40. The lowest BCUT2D eigenvalue weighted by molar-refractivity contribution is -0.0980.